The molecule has 2 aromatic carbocycles. The number of hydrogen-bond acceptors (Lipinski definition) is 2. The minimum absolute atomic E-state index is 0.237. The monoisotopic (exact) mass is 406 g/mol. The fraction of sp³-hybridized carbons (Fsp3) is 0.158. The Morgan fingerprint density at radius 2 is 1.46 bits per heavy atom. The van der Waals surface area contributed by atoms with Crippen molar-refractivity contribution < 1.29 is 8.42 Å². The molecule has 0 spiro atoms. The molecule has 1 atom stereocenters. The first-order valence-corrected chi connectivity index (χ1v) is 10.3. The van der Waals surface area contributed by atoms with Gasteiger partial charge in [0, 0.05) is 35.0 Å². The lowest BCUT2D eigenvalue weighted by atomic mass is 10.0. The van der Waals surface area contributed by atoms with Crippen LogP contribution in [0.2, 0.25) is 10.0 Å². The minimum Gasteiger partial charge on any atom is -0.348 e. The Balaban J connectivity index is 1.83. The normalized spacial score (nSPS) is 17.8. The third-order valence-corrected chi connectivity index (χ3v) is 6.98. The second-order valence-corrected chi connectivity index (χ2v) is 8.91. The minimum atomic E-state index is -3.68. The fourth-order valence-corrected chi connectivity index (χ4v) is 5.18. The van der Waals surface area contributed by atoms with Crippen LogP contribution in [0.4, 0.5) is 0 Å². The van der Waals surface area contributed by atoms with Gasteiger partial charge in [0.25, 0.3) is 0 Å². The van der Waals surface area contributed by atoms with E-state index in [0.29, 0.717) is 23.1 Å². The van der Waals surface area contributed by atoms with Gasteiger partial charge in [-0.05, 0) is 54.1 Å². The highest BCUT2D eigenvalue weighted by Crippen LogP contribution is 2.36. The summed E-state index contributed by atoms with van der Waals surface area (Å²) < 4.78 is 30.3. The van der Waals surface area contributed by atoms with Crippen LogP contribution in [-0.2, 0) is 16.6 Å². The topological polar surface area (TPSA) is 42.3 Å². The molecular formula is C19H16Cl2N2O2S. The average molecular weight is 407 g/mol. The molecule has 3 aromatic rings. The molecule has 4 rings (SSSR count). The van der Waals surface area contributed by atoms with E-state index >= 15 is 0 Å². The number of sulfonamides is 1. The van der Waals surface area contributed by atoms with Crippen LogP contribution < -0.4 is 0 Å². The van der Waals surface area contributed by atoms with Gasteiger partial charge in [-0.1, -0.05) is 35.3 Å². The van der Waals surface area contributed by atoms with Crippen LogP contribution in [0.5, 0.6) is 0 Å². The summed E-state index contributed by atoms with van der Waals surface area (Å²) in [5.41, 5.74) is 1.82. The Morgan fingerprint density at radius 1 is 0.846 bits per heavy atom. The molecule has 0 N–H and O–H groups in total. The van der Waals surface area contributed by atoms with Crippen molar-refractivity contribution in [3.05, 3.63) is 88.2 Å². The standard InChI is InChI=1S/C19H16Cl2N2O2S/c20-15-5-3-14(4-6-15)19-18-2-1-11-22(18)12-13-23(19)26(24,25)17-9-7-16(21)8-10-17/h1-11,19H,12-13H2/t19-/m1/s1. The SMILES string of the molecule is O=S(=O)(c1ccc(Cl)cc1)N1CCn2cccc2[C@H]1c1ccc(Cl)cc1. The van der Waals surface area contributed by atoms with Crippen molar-refractivity contribution in [2.45, 2.75) is 17.5 Å². The number of nitrogens with zero attached hydrogens (tertiary/aromatic N) is 2. The van der Waals surface area contributed by atoms with Gasteiger partial charge in [0.05, 0.1) is 10.9 Å². The molecule has 7 heteroatoms. The molecule has 1 aromatic heterocycles. The first kappa shape index (κ1) is 17.6. The number of rotatable bonds is 3. The number of hydrogen-bond donors (Lipinski definition) is 0. The van der Waals surface area contributed by atoms with E-state index in [0.717, 1.165) is 11.3 Å². The molecule has 0 aliphatic carbocycles. The van der Waals surface area contributed by atoms with Crippen molar-refractivity contribution in [3.63, 3.8) is 0 Å². The Labute approximate surface area is 162 Å². The summed E-state index contributed by atoms with van der Waals surface area (Å²) in [6, 6.07) is 17.1. The maximum absolute atomic E-state index is 13.3. The van der Waals surface area contributed by atoms with Crippen LogP contribution in [0, 0.1) is 0 Å². The molecule has 1 aliphatic heterocycles. The highest BCUT2D eigenvalue weighted by Gasteiger charge is 2.37. The lowest BCUT2D eigenvalue weighted by molar-refractivity contribution is 0.298. The van der Waals surface area contributed by atoms with E-state index in [1.54, 1.807) is 40.7 Å². The molecule has 26 heavy (non-hydrogen) atoms. The Morgan fingerprint density at radius 3 is 2.12 bits per heavy atom. The molecule has 0 fully saturated rings. The first-order chi connectivity index (χ1) is 12.5. The van der Waals surface area contributed by atoms with E-state index in [9.17, 15) is 8.42 Å². The number of halogens is 2. The van der Waals surface area contributed by atoms with Crippen molar-refractivity contribution in [3.8, 4) is 0 Å². The quantitative estimate of drug-likeness (QED) is 0.638. The molecule has 0 saturated carbocycles. The largest absolute Gasteiger partial charge is 0.348 e. The molecule has 1 aliphatic rings. The van der Waals surface area contributed by atoms with Gasteiger partial charge >= 0.3 is 0 Å². The summed E-state index contributed by atoms with van der Waals surface area (Å²) in [6.45, 7) is 0.999. The van der Waals surface area contributed by atoms with E-state index in [1.807, 2.05) is 30.5 Å². The van der Waals surface area contributed by atoms with Crippen LogP contribution in [-0.4, -0.2) is 23.8 Å². The second-order valence-electron chi connectivity index (χ2n) is 6.15. The van der Waals surface area contributed by atoms with Crippen LogP contribution in [0.25, 0.3) is 0 Å². The van der Waals surface area contributed by atoms with Gasteiger partial charge in [-0.2, -0.15) is 4.31 Å². The molecule has 4 nitrogen and oxygen atoms in total. The highest BCUT2D eigenvalue weighted by atomic mass is 35.5. The van der Waals surface area contributed by atoms with Crippen molar-refractivity contribution in [1.29, 1.82) is 0 Å². The molecule has 0 bridgehead atoms. The Hall–Kier alpha value is -1.79. The second kappa shape index (κ2) is 6.74. The molecule has 0 amide bonds. The van der Waals surface area contributed by atoms with E-state index < -0.39 is 16.1 Å². The summed E-state index contributed by atoms with van der Waals surface area (Å²) in [7, 11) is -3.68. The summed E-state index contributed by atoms with van der Waals surface area (Å²) in [6.07, 6.45) is 1.98. The van der Waals surface area contributed by atoms with Gasteiger partial charge < -0.3 is 4.57 Å². The van der Waals surface area contributed by atoms with Gasteiger partial charge in [0.2, 0.25) is 10.0 Å². The summed E-state index contributed by atoms with van der Waals surface area (Å²) in [4.78, 5) is 0.237. The zero-order valence-electron chi connectivity index (χ0n) is 13.7. The molecule has 134 valence electrons. The molecule has 0 unspecified atom stereocenters. The Kier molecular flexibility index (Phi) is 4.57. The molecule has 0 radical (unpaired) electrons. The summed E-state index contributed by atoms with van der Waals surface area (Å²) >= 11 is 11.9. The van der Waals surface area contributed by atoms with Crippen molar-refractivity contribution in [1.82, 2.24) is 8.87 Å². The van der Waals surface area contributed by atoms with Gasteiger partial charge in [0.15, 0.2) is 0 Å². The summed E-state index contributed by atoms with van der Waals surface area (Å²) in [5.74, 6) is 0. The highest BCUT2D eigenvalue weighted by molar-refractivity contribution is 7.89. The average Bonchev–Trinajstić information content (AvgIpc) is 3.11. The fourth-order valence-electron chi connectivity index (χ4n) is 3.35. The lowest BCUT2D eigenvalue weighted by Crippen LogP contribution is -2.42. The van der Waals surface area contributed by atoms with Gasteiger partial charge in [-0.15, -0.1) is 0 Å². The van der Waals surface area contributed by atoms with Gasteiger partial charge in [-0.3, -0.25) is 0 Å². The first-order valence-electron chi connectivity index (χ1n) is 8.15. The van der Waals surface area contributed by atoms with E-state index in [1.165, 1.54) is 0 Å². The maximum atomic E-state index is 13.3. The smallest absolute Gasteiger partial charge is 0.244 e. The van der Waals surface area contributed by atoms with Crippen molar-refractivity contribution in [2.75, 3.05) is 6.54 Å². The van der Waals surface area contributed by atoms with Gasteiger partial charge in [0.1, 0.15) is 0 Å². The van der Waals surface area contributed by atoms with Crippen LogP contribution in [0.1, 0.15) is 17.3 Å². The number of benzene rings is 2. The molecule has 2 heterocycles. The van der Waals surface area contributed by atoms with Crippen LogP contribution in [0.3, 0.4) is 0 Å². The van der Waals surface area contributed by atoms with E-state index in [-0.39, 0.29) is 4.90 Å². The zero-order chi connectivity index (χ0) is 18.3. The van der Waals surface area contributed by atoms with Crippen molar-refractivity contribution in [2.24, 2.45) is 0 Å². The van der Waals surface area contributed by atoms with Gasteiger partial charge in [-0.25, -0.2) is 8.42 Å². The zero-order valence-corrected chi connectivity index (χ0v) is 16.0. The Bertz CT molecular complexity index is 1030. The summed E-state index contributed by atoms with van der Waals surface area (Å²) in [5, 5.41) is 1.12. The van der Waals surface area contributed by atoms with Crippen molar-refractivity contribution >= 4 is 33.2 Å². The third kappa shape index (κ3) is 3.05. The van der Waals surface area contributed by atoms with E-state index in [4.69, 9.17) is 23.2 Å². The number of fused-ring (bicyclic) bond motifs is 1. The maximum Gasteiger partial charge on any atom is 0.244 e. The number of aromatic nitrogens is 1. The predicted octanol–water partition coefficient (Wildman–Crippen LogP) is 4.59. The van der Waals surface area contributed by atoms with E-state index in [2.05, 4.69) is 4.57 Å². The molecular weight excluding hydrogens is 391 g/mol. The van der Waals surface area contributed by atoms with Crippen LogP contribution >= 0.6 is 23.2 Å². The third-order valence-electron chi connectivity index (χ3n) is 4.60. The molecule has 0 saturated heterocycles. The predicted molar refractivity (Wildman–Crippen MR) is 103 cm³/mol. The lowest BCUT2D eigenvalue weighted by Gasteiger charge is -2.36. The van der Waals surface area contributed by atoms with Crippen LogP contribution in [0.15, 0.2) is 71.8 Å².